The molecule has 0 saturated heterocycles. The molecule has 0 unspecified atom stereocenters. The van der Waals surface area contributed by atoms with E-state index in [1.807, 2.05) is 31.2 Å². The third-order valence-corrected chi connectivity index (χ3v) is 4.12. The molecule has 1 amide bonds. The lowest BCUT2D eigenvalue weighted by molar-refractivity contribution is -0.123. The molecule has 2 rings (SSSR count). The van der Waals surface area contributed by atoms with Gasteiger partial charge in [0, 0.05) is 0 Å². The van der Waals surface area contributed by atoms with Crippen LogP contribution < -0.4 is 14.9 Å². The predicted octanol–water partition coefficient (Wildman–Crippen LogP) is 3.83. The van der Waals surface area contributed by atoms with Crippen LogP contribution in [0.1, 0.15) is 44.2 Å². The van der Waals surface area contributed by atoms with Gasteiger partial charge in [0.25, 0.3) is 5.91 Å². The van der Waals surface area contributed by atoms with Gasteiger partial charge in [0.05, 0.1) is 12.8 Å². The first-order valence-corrected chi connectivity index (χ1v) is 9.04. The van der Waals surface area contributed by atoms with E-state index in [0.717, 1.165) is 6.42 Å². The molecule has 144 valence electrons. The van der Waals surface area contributed by atoms with Crippen molar-refractivity contribution in [2.75, 3.05) is 13.2 Å². The molecule has 0 bridgehead atoms. The van der Waals surface area contributed by atoms with E-state index >= 15 is 0 Å². The molecule has 0 aliphatic carbocycles. The van der Waals surface area contributed by atoms with Crippen LogP contribution in [-0.2, 0) is 4.79 Å². The van der Waals surface area contributed by atoms with E-state index in [1.165, 1.54) is 17.8 Å². The molecule has 0 spiro atoms. The van der Waals surface area contributed by atoms with Gasteiger partial charge in [0.1, 0.15) is 5.75 Å². The quantitative estimate of drug-likeness (QED) is 0.519. The minimum absolute atomic E-state index is 0.0609. The van der Waals surface area contributed by atoms with Crippen molar-refractivity contribution in [3.8, 4) is 17.2 Å². The summed E-state index contributed by atoms with van der Waals surface area (Å²) in [6.45, 7) is 6.47. The summed E-state index contributed by atoms with van der Waals surface area (Å²) < 4.78 is 10.8. The number of carbonyl (C=O) groups excluding carboxylic acids is 1. The lowest BCUT2D eigenvalue weighted by Gasteiger charge is -2.10. The number of hydrazone groups is 1. The summed E-state index contributed by atoms with van der Waals surface area (Å²) >= 11 is 0. The van der Waals surface area contributed by atoms with Gasteiger partial charge < -0.3 is 14.6 Å². The summed E-state index contributed by atoms with van der Waals surface area (Å²) in [6, 6.07) is 12.6. The van der Waals surface area contributed by atoms with Crippen LogP contribution in [0, 0.1) is 0 Å². The van der Waals surface area contributed by atoms with Crippen molar-refractivity contribution in [2.24, 2.45) is 5.10 Å². The molecule has 6 heteroatoms. The second-order valence-corrected chi connectivity index (χ2v) is 6.12. The van der Waals surface area contributed by atoms with Gasteiger partial charge in [0.15, 0.2) is 18.1 Å². The first kappa shape index (κ1) is 20.3. The maximum Gasteiger partial charge on any atom is 0.277 e. The number of carbonyl (C=O) groups is 1. The fourth-order valence-corrected chi connectivity index (χ4v) is 2.37. The fraction of sp³-hybridized carbons (Fsp3) is 0.333. The Hall–Kier alpha value is -3.02. The average Bonchev–Trinajstić information content (AvgIpc) is 2.68. The summed E-state index contributed by atoms with van der Waals surface area (Å²) in [5, 5.41) is 13.6. The lowest BCUT2D eigenvalue weighted by atomic mass is 9.99. The Kier molecular flexibility index (Phi) is 7.67. The van der Waals surface area contributed by atoms with Crippen molar-refractivity contribution in [1.29, 1.82) is 0 Å². The summed E-state index contributed by atoms with van der Waals surface area (Å²) in [6.07, 6.45) is 2.55. The standard InChI is InChI=1S/C21H26N2O4/c1-4-15(3)17-7-9-18(10-8-17)27-14-21(25)23-22-13-16-6-11-19(24)20(12-16)26-5-2/h6-13,15,24H,4-5,14H2,1-3H3,(H,23,25)/b22-13-/t15-/m0/s1. The second kappa shape index (κ2) is 10.2. The van der Waals surface area contributed by atoms with Gasteiger partial charge >= 0.3 is 0 Å². The summed E-state index contributed by atoms with van der Waals surface area (Å²) in [4.78, 5) is 11.8. The molecule has 0 aliphatic heterocycles. The monoisotopic (exact) mass is 370 g/mol. The maximum atomic E-state index is 11.8. The predicted molar refractivity (Wildman–Crippen MR) is 106 cm³/mol. The lowest BCUT2D eigenvalue weighted by Crippen LogP contribution is -2.24. The number of nitrogens with zero attached hydrogens (tertiary/aromatic N) is 1. The van der Waals surface area contributed by atoms with Crippen molar-refractivity contribution >= 4 is 12.1 Å². The van der Waals surface area contributed by atoms with Gasteiger partial charge in [-0.05, 0) is 60.7 Å². The van der Waals surface area contributed by atoms with E-state index in [9.17, 15) is 9.90 Å². The first-order chi connectivity index (χ1) is 13.0. The highest BCUT2D eigenvalue weighted by Gasteiger charge is 2.05. The zero-order valence-electron chi connectivity index (χ0n) is 15.9. The van der Waals surface area contributed by atoms with Gasteiger partial charge in [-0.3, -0.25) is 4.79 Å². The highest BCUT2D eigenvalue weighted by Crippen LogP contribution is 2.26. The molecular formula is C21H26N2O4. The fourth-order valence-electron chi connectivity index (χ4n) is 2.37. The van der Waals surface area contributed by atoms with Crippen molar-refractivity contribution in [3.05, 3.63) is 53.6 Å². The van der Waals surface area contributed by atoms with E-state index < -0.39 is 0 Å². The van der Waals surface area contributed by atoms with Crippen molar-refractivity contribution in [2.45, 2.75) is 33.1 Å². The smallest absolute Gasteiger partial charge is 0.277 e. The minimum atomic E-state index is -0.360. The normalized spacial score (nSPS) is 12.0. The zero-order chi connectivity index (χ0) is 19.6. The number of hydrogen-bond acceptors (Lipinski definition) is 5. The molecule has 0 saturated carbocycles. The Bertz CT molecular complexity index is 772. The number of phenolic OH excluding ortho intramolecular Hbond substituents is 1. The number of hydrogen-bond donors (Lipinski definition) is 2. The van der Waals surface area contributed by atoms with Gasteiger partial charge in [-0.2, -0.15) is 5.10 Å². The zero-order valence-corrected chi connectivity index (χ0v) is 15.9. The molecule has 6 nitrogen and oxygen atoms in total. The molecule has 0 fully saturated rings. The number of benzene rings is 2. The van der Waals surface area contributed by atoms with Crippen molar-refractivity contribution in [1.82, 2.24) is 5.43 Å². The minimum Gasteiger partial charge on any atom is -0.504 e. The first-order valence-electron chi connectivity index (χ1n) is 9.04. The van der Waals surface area contributed by atoms with E-state index in [2.05, 4.69) is 24.4 Å². The molecule has 2 aromatic carbocycles. The Morgan fingerprint density at radius 3 is 2.59 bits per heavy atom. The van der Waals surface area contributed by atoms with Crippen molar-refractivity contribution in [3.63, 3.8) is 0 Å². The van der Waals surface area contributed by atoms with Crippen LogP contribution in [0.4, 0.5) is 0 Å². The summed E-state index contributed by atoms with van der Waals surface area (Å²) in [5.41, 5.74) is 4.35. The largest absolute Gasteiger partial charge is 0.504 e. The van der Waals surface area contributed by atoms with Gasteiger partial charge in [-0.1, -0.05) is 26.0 Å². The summed E-state index contributed by atoms with van der Waals surface area (Å²) in [5.74, 6) is 1.21. The van der Waals surface area contributed by atoms with E-state index in [4.69, 9.17) is 9.47 Å². The maximum absolute atomic E-state index is 11.8. The van der Waals surface area contributed by atoms with Crippen LogP contribution in [0.2, 0.25) is 0 Å². The number of ether oxygens (including phenoxy) is 2. The van der Waals surface area contributed by atoms with Crippen LogP contribution in [0.25, 0.3) is 0 Å². The number of rotatable bonds is 9. The Labute approximate surface area is 159 Å². The van der Waals surface area contributed by atoms with Crippen LogP contribution in [0.15, 0.2) is 47.6 Å². The SMILES string of the molecule is CCOc1cc(/C=N\NC(=O)COc2ccc([C@@H](C)CC)cc2)ccc1O. The molecule has 1 atom stereocenters. The number of nitrogens with one attached hydrogen (secondary N) is 1. The molecule has 27 heavy (non-hydrogen) atoms. The van der Waals surface area contributed by atoms with Crippen LogP contribution in [0.3, 0.4) is 0 Å². The van der Waals surface area contributed by atoms with E-state index in [1.54, 1.807) is 12.1 Å². The number of phenols is 1. The molecule has 0 heterocycles. The molecule has 2 N–H and O–H groups in total. The third-order valence-electron chi connectivity index (χ3n) is 4.12. The third kappa shape index (κ3) is 6.33. The second-order valence-electron chi connectivity index (χ2n) is 6.12. The average molecular weight is 370 g/mol. The highest BCUT2D eigenvalue weighted by molar-refractivity contribution is 5.83. The number of aromatic hydroxyl groups is 1. The van der Waals surface area contributed by atoms with E-state index in [0.29, 0.717) is 29.6 Å². The van der Waals surface area contributed by atoms with Gasteiger partial charge in [0.2, 0.25) is 0 Å². The Morgan fingerprint density at radius 1 is 1.19 bits per heavy atom. The Morgan fingerprint density at radius 2 is 1.93 bits per heavy atom. The highest BCUT2D eigenvalue weighted by atomic mass is 16.5. The van der Waals surface area contributed by atoms with Gasteiger partial charge in [-0.25, -0.2) is 5.43 Å². The van der Waals surface area contributed by atoms with Crippen LogP contribution in [0.5, 0.6) is 17.2 Å². The molecular weight excluding hydrogens is 344 g/mol. The van der Waals surface area contributed by atoms with Crippen LogP contribution >= 0.6 is 0 Å². The Balaban J connectivity index is 1.82. The molecule has 2 aromatic rings. The topological polar surface area (TPSA) is 80.2 Å². The van der Waals surface area contributed by atoms with Crippen molar-refractivity contribution < 1.29 is 19.4 Å². The molecule has 0 aromatic heterocycles. The van der Waals surface area contributed by atoms with E-state index in [-0.39, 0.29) is 18.3 Å². The summed E-state index contributed by atoms with van der Waals surface area (Å²) in [7, 11) is 0. The number of amides is 1. The van der Waals surface area contributed by atoms with Crippen LogP contribution in [-0.4, -0.2) is 30.4 Å². The molecule has 0 aliphatic rings. The molecule has 0 radical (unpaired) electrons. The van der Waals surface area contributed by atoms with Gasteiger partial charge in [-0.15, -0.1) is 0 Å².